The van der Waals surface area contributed by atoms with Crippen LogP contribution >= 0.6 is 7.75 Å². The third-order valence-corrected chi connectivity index (χ3v) is 6.80. The maximum absolute atomic E-state index is 13.4. The van der Waals surface area contributed by atoms with E-state index in [0.717, 1.165) is 0 Å². The van der Waals surface area contributed by atoms with Crippen LogP contribution in [0.3, 0.4) is 0 Å². The number of carbonyl (C=O) groups excluding carboxylic acids is 2. The van der Waals surface area contributed by atoms with E-state index in [4.69, 9.17) is 19.5 Å². The van der Waals surface area contributed by atoms with Gasteiger partial charge in [-0.2, -0.15) is 5.09 Å². The summed E-state index contributed by atoms with van der Waals surface area (Å²) in [5, 5.41) is 23.5. The number of nitrogens with one attached hydrogen (secondary N) is 1. The number of hydrogen-bond acceptors (Lipinski definition) is 10. The number of primary amides is 1. The van der Waals surface area contributed by atoms with Crippen molar-refractivity contribution in [3.8, 4) is 5.75 Å². The maximum Gasteiger partial charge on any atom is 0.459 e. The second-order valence-corrected chi connectivity index (χ2v) is 9.37. The molecule has 1 aromatic rings. The average Bonchev–Trinajstić information content (AvgIpc) is 3.11. The summed E-state index contributed by atoms with van der Waals surface area (Å²) >= 11 is 0. The molecule has 13 heteroatoms. The van der Waals surface area contributed by atoms with Gasteiger partial charge >= 0.3 is 13.7 Å². The summed E-state index contributed by atoms with van der Waals surface area (Å²) in [5.74, 6) is -1.10. The molecule has 1 aromatic carbocycles. The lowest BCUT2D eigenvalue weighted by atomic mass is 10.1. The minimum Gasteiger partial charge on any atom is -0.468 e. The Morgan fingerprint density at radius 3 is 2.65 bits per heavy atom. The highest BCUT2D eigenvalue weighted by Crippen LogP contribution is 2.45. The maximum atomic E-state index is 13.4. The van der Waals surface area contributed by atoms with Gasteiger partial charge in [0.2, 0.25) is 5.91 Å². The van der Waals surface area contributed by atoms with Gasteiger partial charge in [-0.25, -0.2) is 4.57 Å². The highest BCUT2D eigenvalue weighted by molar-refractivity contribution is 7.52. The van der Waals surface area contributed by atoms with Gasteiger partial charge in [0.15, 0.2) is 6.23 Å². The first-order chi connectivity index (χ1) is 16.1. The minimum absolute atomic E-state index is 0.212. The van der Waals surface area contributed by atoms with Gasteiger partial charge in [-0.05, 0) is 25.5 Å². The molecule has 1 saturated heterocycles. The molecular weight excluding hydrogens is 469 g/mol. The Balaban J connectivity index is 1.72. The van der Waals surface area contributed by atoms with E-state index in [-0.39, 0.29) is 5.75 Å². The molecule has 1 fully saturated rings. The first kappa shape index (κ1) is 25.9. The molecule has 0 aromatic heterocycles. The monoisotopic (exact) mass is 497 g/mol. The lowest BCUT2D eigenvalue weighted by Crippen LogP contribution is -2.40. The van der Waals surface area contributed by atoms with Crippen molar-refractivity contribution in [2.75, 3.05) is 13.7 Å². The Kier molecular flexibility index (Phi) is 8.47. The van der Waals surface area contributed by atoms with E-state index in [0.29, 0.717) is 12.0 Å². The number of para-hydroxylation sites is 1. The molecule has 0 aliphatic carbocycles. The molecule has 3 rings (SSSR count). The SMILES string of the molecule is COC(=O)[C@H](C)NP(=O)(OC[C@H]1O[C@@H](N2C=CCC(C(N)=O)=C2)[C@@H](O)[C@H]1O)Oc1ccccc1. The molecule has 0 saturated carbocycles. The Bertz CT molecular complexity index is 987. The summed E-state index contributed by atoms with van der Waals surface area (Å²) in [4.78, 5) is 24.7. The van der Waals surface area contributed by atoms with Crippen LogP contribution in [0.15, 0.2) is 54.4 Å². The first-order valence-corrected chi connectivity index (χ1v) is 12.0. The molecule has 186 valence electrons. The Hall–Kier alpha value is -2.73. The van der Waals surface area contributed by atoms with E-state index >= 15 is 0 Å². The molecule has 0 bridgehead atoms. The van der Waals surface area contributed by atoms with Crippen LogP contribution in [0.4, 0.5) is 0 Å². The van der Waals surface area contributed by atoms with E-state index in [9.17, 15) is 24.4 Å². The zero-order valence-electron chi connectivity index (χ0n) is 18.6. The number of amides is 1. The Labute approximate surface area is 196 Å². The van der Waals surface area contributed by atoms with Crippen molar-refractivity contribution in [3.63, 3.8) is 0 Å². The number of allylic oxidation sites excluding steroid dienone is 1. The molecule has 0 radical (unpaired) electrons. The van der Waals surface area contributed by atoms with Crippen LogP contribution in [-0.4, -0.2) is 71.3 Å². The molecule has 6 atom stereocenters. The normalized spacial score (nSPS) is 26.9. The van der Waals surface area contributed by atoms with Crippen LogP contribution in [0.1, 0.15) is 13.3 Å². The topological polar surface area (TPSA) is 170 Å². The highest BCUT2D eigenvalue weighted by atomic mass is 31.2. The predicted molar refractivity (Wildman–Crippen MR) is 119 cm³/mol. The summed E-state index contributed by atoms with van der Waals surface area (Å²) < 4.78 is 34.8. The van der Waals surface area contributed by atoms with Gasteiger partial charge in [-0.3, -0.25) is 14.1 Å². The van der Waals surface area contributed by atoms with Crippen LogP contribution < -0.4 is 15.3 Å². The number of hydrogen-bond donors (Lipinski definition) is 4. The number of methoxy groups -OCH3 is 1. The quantitative estimate of drug-likeness (QED) is 0.260. The molecule has 5 N–H and O–H groups in total. The number of benzene rings is 1. The summed E-state index contributed by atoms with van der Waals surface area (Å²) in [6.07, 6.45) is 0.0518. The molecule has 1 amide bonds. The smallest absolute Gasteiger partial charge is 0.459 e. The minimum atomic E-state index is -4.16. The molecule has 2 heterocycles. The zero-order valence-corrected chi connectivity index (χ0v) is 19.5. The predicted octanol–water partition coefficient (Wildman–Crippen LogP) is 0.377. The van der Waals surface area contributed by atoms with Gasteiger partial charge < -0.3 is 34.8 Å². The lowest BCUT2D eigenvalue weighted by Gasteiger charge is -2.28. The third kappa shape index (κ3) is 6.23. The number of rotatable bonds is 10. The second kappa shape index (κ2) is 11.1. The lowest BCUT2D eigenvalue weighted by molar-refractivity contribution is -0.142. The summed E-state index contributed by atoms with van der Waals surface area (Å²) in [7, 11) is -2.98. The van der Waals surface area contributed by atoms with Gasteiger partial charge in [0.25, 0.3) is 0 Å². The third-order valence-electron chi connectivity index (χ3n) is 5.15. The average molecular weight is 497 g/mol. The van der Waals surface area contributed by atoms with Crippen molar-refractivity contribution in [2.45, 2.75) is 43.9 Å². The summed E-state index contributed by atoms with van der Waals surface area (Å²) in [6, 6.07) is 7.12. The van der Waals surface area contributed by atoms with Gasteiger partial charge in [0, 0.05) is 18.0 Å². The summed E-state index contributed by atoms with van der Waals surface area (Å²) in [6.45, 7) is 0.964. The largest absolute Gasteiger partial charge is 0.468 e. The van der Waals surface area contributed by atoms with E-state index in [2.05, 4.69) is 9.82 Å². The van der Waals surface area contributed by atoms with Crippen LogP contribution in [0.25, 0.3) is 0 Å². The van der Waals surface area contributed by atoms with Crippen molar-refractivity contribution in [1.29, 1.82) is 0 Å². The van der Waals surface area contributed by atoms with Crippen LogP contribution in [0.5, 0.6) is 5.75 Å². The Morgan fingerprint density at radius 2 is 2.00 bits per heavy atom. The second-order valence-electron chi connectivity index (χ2n) is 7.67. The van der Waals surface area contributed by atoms with Crippen molar-refractivity contribution >= 4 is 19.6 Å². The summed E-state index contributed by atoms with van der Waals surface area (Å²) in [5.41, 5.74) is 5.62. The molecule has 34 heavy (non-hydrogen) atoms. The number of aliphatic hydroxyl groups excluding tert-OH is 2. The van der Waals surface area contributed by atoms with Crippen molar-refractivity contribution in [2.24, 2.45) is 5.73 Å². The first-order valence-electron chi connectivity index (χ1n) is 10.4. The van der Waals surface area contributed by atoms with E-state index in [1.165, 1.54) is 25.1 Å². The molecule has 2 aliphatic heterocycles. The molecule has 2 aliphatic rings. The number of nitrogens with zero attached hydrogens (tertiary/aromatic N) is 1. The molecular formula is C21H28N3O9P. The fourth-order valence-electron chi connectivity index (χ4n) is 3.36. The number of ether oxygens (including phenoxy) is 2. The van der Waals surface area contributed by atoms with E-state index in [1.807, 2.05) is 0 Å². The van der Waals surface area contributed by atoms with Crippen LogP contribution in [0, 0.1) is 0 Å². The standard InChI is InChI=1S/C21H28N3O9P/c1-13(21(28)30-2)23-34(29,33-15-8-4-3-5-9-15)31-12-16-17(25)18(26)20(32-16)24-10-6-7-14(11-24)19(22)27/h3-6,8-11,13,16-18,20,25-26H,7,12H2,1-2H3,(H2,22,27)(H,23,29)/t13-,16+,17-,18-,20+,34?/m0/s1. The van der Waals surface area contributed by atoms with Gasteiger partial charge in [0.05, 0.1) is 13.7 Å². The van der Waals surface area contributed by atoms with Crippen molar-refractivity contribution in [1.82, 2.24) is 9.99 Å². The fraction of sp³-hybridized carbons (Fsp3) is 0.429. The fourth-order valence-corrected chi connectivity index (χ4v) is 4.86. The van der Waals surface area contributed by atoms with E-state index < -0.39 is 56.8 Å². The Morgan fingerprint density at radius 1 is 1.29 bits per heavy atom. The van der Waals surface area contributed by atoms with E-state index in [1.54, 1.807) is 42.6 Å². The number of esters is 1. The van der Waals surface area contributed by atoms with Gasteiger partial charge in [-0.15, -0.1) is 0 Å². The number of carbonyl (C=O) groups is 2. The van der Waals surface area contributed by atoms with Crippen LogP contribution in [-0.2, 0) is 28.2 Å². The number of aliphatic hydroxyl groups is 2. The van der Waals surface area contributed by atoms with Crippen LogP contribution in [0.2, 0.25) is 0 Å². The molecule has 1 unspecified atom stereocenters. The number of nitrogens with two attached hydrogens (primary N) is 1. The highest BCUT2D eigenvalue weighted by Gasteiger charge is 2.46. The van der Waals surface area contributed by atoms with Gasteiger partial charge in [0.1, 0.15) is 30.1 Å². The molecule has 12 nitrogen and oxygen atoms in total. The van der Waals surface area contributed by atoms with Crippen molar-refractivity contribution in [3.05, 3.63) is 54.4 Å². The van der Waals surface area contributed by atoms with Gasteiger partial charge in [-0.1, -0.05) is 24.3 Å². The molecule has 0 spiro atoms. The zero-order chi connectivity index (χ0) is 24.9. The van der Waals surface area contributed by atoms with Crippen molar-refractivity contribution < 1.29 is 42.9 Å².